The molecule has 1 N–H and O–H groups in total. The summed E-state index contributed by atoms with van der Waals surface area (Å²) >= 11 is 0. The largest absolute Gasteiger partial charge is 0.357 e. The fourth-order valence-corrected chi connectivity index (χ4v) is 4.90. The maximum Gasteiger partial charge on any atom is 0.274 e. The number of nitrogens with zero attached hydrogens (tertiary/aromatic N) is 3. The van der Waals surface area contributed by atoms with Gasteiger partial charge in [0.2, 0.25) is 0 Å². The Morgan fingerprint density at radius 1 is 1.21 bits per heavy atom. The molecular weight excluding hydrogens is 388 g/mol. The Kier molecular flexibility index (Phi) is 3.26. The van der Waals surface area contributed by atoms with Gasteiger partial charge >= 0.3 is 0 Å². The number of hydrogen-bond acceptors (Lipinski definition) is 5. The molecule has 3 aromatic rings. The number of H-pyrrole nitrogens is 1. The smallest absolute Gasteiger partial charge is 0.274 e. The van der Waals surface area contributed by atoms with Gasteiger partial charge in [0.25, 0.3) is 5.56 Å². The number of sulfone groups is 1. The molecule has 0 unspecified atom stereocenters. The SMILES string of the molecule is [2H]C([2H])([2H])n1cc(-c2cc(S(C)(=O)=O)cnc2N2CCC3(CC2)CC3)c2cc[nH]c2c1=O. The Morgan fingerprint density at radius 3 is 2.62 bits per heavy atom. The molecule has 1 spiro atoms. The lowest BCUT2D eigenvalue weighted by Gasteiger charge is -2.34. The van der Waals surface area contributed by atoms with Gasteiger partial charge in [-0.3, -0.25) is 4.79 Å². The predicted octanol–water partition coefficient (Wildman–Crippen LogP) is 2.71. The van der Waals surface area contributed by atoms with Crippen LogP contribution in [0.2, 0.25) is 0 Å². The summed E-state index contributed by atoms with van der Waals surface area (Å²) in [6.07, 6.45) is 9.94. The lowest BCUT2D eigenvalue weighted by Crippen LogP contribution is -2.35. The van der Waals surface area contributed by atoms with Crippen LogP contribution >= 0.6 is 0 Å². The van der Waals surface area contributed by atoms with E-state index >= 15 is 0 Å². The van der Waals surface area contributed by atoms with Gasteiger partial charge in [-0.2, -0.15) is 0 Å². The van der Waals surface area contributed by atoms with Crippen molar-refractivity contribution < 1.29 is 12.5 Å². The number of aryl methyl sites for hydroxylation is 1. The van der Waals surface area contributed by atoms with Gasteiger partial charge in [0.1, 0.15) is 11.3 Å². The van der Waals surface area contributed by atoms with E-state index < -0.39 is 22.4 Å². The first-order chi connectivity index (χ1) is 15.0. The Morgan fingerprint density at radius 2 is 1.97 bits per heavy atom. The lowest BCUT2D eigenvalue weighted by atomic mass is 9.93. The average molecular weight is 416 g/mol. The first kappa shape index (κ1) is 15.3. The van der Waals surface area contributed by atoms with Crippen LogP contribution in [0.25, 0.3) is 22.0 Å². The molecule has 29 heavy (non-hydrogen) atoms. The second-order valence-electron chi connectivity index (χ2n) is 8.29. The fraction of sp³-hybridized carbons (Fsp3) is 0.429. The second kappa shape index (κ2) is 6.19. The first-order valence-electron chi connectivity index (χ1n) is 11.2. The van der Waals surface area contributed by atoms with Crippen molar-refractivity contribution in [3.05, 3.63) is 41.1 Å². The number of aromatic nitrogens is 3. The molecule has 1 saturated carbocycles. The van der Waals surface area contributed by atoms with Gasteiger partial charge in [-0.15, -0.1) is 0 Å². The number of nitrogens with one attached hydrogen (secondary N) is 1. The van der Waals surface area contributed by atoms with E-state index in [0.717, 1.165) is 32.2 Å². The minimum Gasteiger partial charge on any atom is -0.357 e. The number of hydrogen-bond donors (Lipinski definition) is 1. The third kappa shape index (κ3) is 3.06. The Labute approximate surface area is 173 Å². The van der Waals surface area contributed by atoms with Crippen LogP contribution in [-0.2, 0) is 16.8 Å². The lowest BCUT2D eigenvalue weighted by molar-refractivity contribution is 0.383. The minimum atomic E-state index is -3.54. The number of aromatic amines is 1. The van der Waals surface area contributed by atoms with Crippen LogP contribution in [-0.4, -0.2) is 42.3 Å². The summed E-state index contributed by atoms with van der Waals surface area (Å²) in [4.78, 5) is 22.3. The normalized spacial score (nSPS) is 20.4. The topological polar surface area (TPSA) is 88.1 Å². The van der Waals surface area contributed by atoms with Crippen molar-refractivity contribution in [3.8, 4) is 11.1 Å². The quantitative estimate of drug-likeness (QED) is 0.711. The molecule has 152 valence electrons. The van der Waals surface area contributed by atoms with Gasteiger partial charge in [0.15, 0.2) is 9.84 Å². The van der Waals surface area contributed by atoms with Crippen LogP contribution in [0.1, 0.15) is 29.8 Å². The molecule has 3 aromatic heterocycles. The zero-order valence-electron chi connectivity index (χ0n) is 19.1. The maximum absolute atomic E-state index is 12.8. The van der Waals surface area contributed by atoms with Gasteiger partial charge in [-0.25, -0.2) is 13.4 Å². The van der Waals surface area contributed by atoms with E-state index in [1.165, 1.54) is 31.3 Å². The molecule has 5 rings (SSSR count). The summed E-state index contributed by atoms with van der Waals surface area (Å²) in [6, 6.07) is 3.23. The highest BCUT2D eigenvalue weighted by Gasteiger charge is 2.44. The van der Waals surface area contributed by atoms with Gasteiger partial charge in [0.05, 0.1) is 4.90 Å². The zero-order chi connectivity index (χ0) is 22.9. The first-order valence-corrected chi connectivity index (χ1v) is 11.6. The van der Waals surface area contributed by atoms with E-state index in [9.17, 15) is 13.2 Å². The monoisotopic (exact) mass is 415 g/mol. The standard InChI is InChI=1S/C21H24N4O3S/c1-24-13-17(15-3-8-22-18(15)20(24)26)16-11-14(29(2,27)28)12-23-19(16)25-9-6-21(4-5-21)7-10-25/h3,8,11-13,22H,4-7,9-10H2,1-2H3/i1D3. The average Bonchev–Trinajstić information content (AvgIpc) is 3.28. The van der Waals surface area contributed by atoms with Gasteiger partial charge in [-0.05, 0) is 43.2 Å². The molecule has 0 atom stereocenters. The van der Waals surface area contributed by atoms with Crippen LogP contribution in [0, 0.1) is 5.41 Å². The van der Waals surface area contributed by atoms with E-state index in [-0.39, 0.29) is 10.4 Å². The molecule has 0 amide bonds. The molecule has 0 aromatic carbocycles. The molecule has 0 bridgehead atoms. The van der Waals surface area contributed by atoms with Crippen molar-refractivity contribution in [2.45, 2.75) is 30.6 Å². The summed E-state index contributed by atoms with van der Waals surface area (Å²) in [5, 5.41) is 0.528. The molecule has 8 heteroatoms. The van der Waals surface area contributed by atoms with E-state index in [0.29, 0.717) is 32.3 Å². The molecule has 2 fully saturated rings. The van der Waals surface area contributed by atoms with Gasteiger partial charge < -0.3 is 14.5 Å². The van der Waals surface area contributed by atoms with Crippen molar-refractivity contribution in [3.63, 3.8) is 0 Å². The van der Waals surface area contributed by atoms with Crippen LogP contribution in [0.5, 0.6) is 0 Å². The molecule has 7 nitrogen and oxygen atoms in total. The van der Waals surface area contributed by atoms with E-state index in [4.69, 9.17) is 4.11 Å². The number of anilines is 1. The van der Waals surface area contributed by atoms with Gasteiger partial charge in [-0.1, -0.05) is 0 Å². The Bertz CT molecular complexity index is 1380. The van der Waals surface area contributed by atoms with Crippen LogP contribution in [0.4, 0.5) is 5.82 Å². The van der Waals surface area contributed by atoms with E-state index in [1.54, 1.807) is 12.3 Å². The summed E-state index contributed by atoms with van der Waals surface area (Å²) in [7, 11) is -3.54. The van der Waals surface area contributed by atoms with Crippen molar-refractivity contribution in [1.82, 2.24) is 14.5 Å². The van der Waals surface area contributed by atoms with Crippen molar-refractivity contribution >= 4 is 26.6 Å². The Balaban J connectivity index is 1.75. The van der Waals surface area contributed by atoms with E-state index in [1.807, 2.05) is 0 Å². The third-order valence-corrected chi connectivity index (χ3v) is 7.45. The van der Waals surface area contributed by atoms with Crippen LogP contribution in [0.15, 0.2) is 40.4 Å². The summed E-state index contributed by atoms with van der Waals surface area (Å²) in [5.74, 6) is 0.603. The highest BCUT2D eigenvalue weighted by Crippen LogP contribution is 2.54. The highest BCUT2D eigenvalue weighted by molar-refractivity contribution is 7.90. The number of fused-ring (bicyclic) bond motifs is 1. The van der Waals surface area contributed by atoms with Crippen molar-refractivity contribution in [2.75, 3.05) is 24.2 Å². The van der Waals surface area contributed by atoms with Crippen molar-refractivity contribution in [1.29, 1.82) is 0 Å². The van der Waals surface area contributed by atoms with E-state index in [2.05, 4.69) is 14.9 Å². The van der Waals surface area contributed by atoms with Crippen LogP contribution < -0.4 is 10.5 Å². The molecule has 1 saturated heterocycles. The summed E-state index contributed by atoms with van der Waals surface area (Å²) in [6.45, 7) is -1.09. The van der Waals surface area contributed by atoms with Crippen molar-refractivity contribution in [2.24, 2.45) is 12.4 Å². The number of rotatable bonds is 3. The third-order valence-electron chi connectivity index (χ3n) is 6.37. The summed E-state index contributed by atoms with van der Waals surface area (Å²) in [5.41, 5.74) is 0.909. The predicted molar refractivity (Wildman–Crippen MR) is 113 cm³/mol. The fourth-order valence-electron chi connectivity index (χ4n) is 4.32. The molecular formula is C21H24N4O3S. The molecule has 1 aliphatic heterocycles. The van der Waals surface area contributed by atoms with Crippen LogP contribution in [0.3, 0.4) is 0 Å². The Hall–Kier alpha value is -2.61. The maximum atomic E-state index is 12.8. The highest BCUT2D eigenvalue weighted by atomic mass is 32.2. The molecule has 1 aliphatic carbocycles. The molecule has 2 aliphatic rings. The molecule has 0 radical (unpaired) electrons. The minimum absolute atomic E-state index is 0.0437. The number of piperidine rings is 1. The zero-order valence-corrected chi connectivity index (χ0v) is 16.9. The number of pyridine rings is 2. The second-order valence-corrected chi connectivity index (χ2v) is 10.3. The summed E-state index contributed by atoms with van der Waals surface area (Å²) < 4.78 is 48.7. The van der Waals surface area contributed by atoms with Gasteiger partial charge in [0, 0.05) is 65.5 Å². The molecule has 4 heterocycles.